The average molecular weight is 334 g/mol. The van der Waals surface area contributed by atoms with Crippen molar-refractivity contribution < 1.29 is 4.79 Å². The van der Waals surface area contributed by atoms with E-state index in [1.807, 2.05) is 30.3 Å². The lowest BCUT2D eigenvalue weighted by Gasteiger charge is -2.06. The van der Waals surface area contributed by atoms with Crippen LogP contribution in [0.4, 0.5) is 0 Å². The highest BCUT2D eigenvalue weighted by molar-refractivity contribution is 7.99. The van der Waals surface area contributed by atoms with E-state index < -0.39 is 0 Å². The number of H-pyrrole nitrogens is 1. The molecular weight excluding hydrogens is 312 g/mol. The van der Waals surface area contributed by atoms with Crippen LogP contribution in [0.5, 0.6) is 0 Å². The van der Waals surface area contributed by atoms with Crippen molar-refractivity contribution in [3.63, 3.8) is 0 Å². The van der Waals surface area contributed by atoms with Crippen LogP contribution in [0.15, 0.2) is 40.3 Å². The first-order chi connectivity index (χ1) is 11.2. The van der Waals surface area contributed by atoms with Gasteiger partial charge in [0.1, 0.15) is 0 Å². The van der Waals surface area contributed by atoms with Gasteiger partial charge in [-0.3, -0.25) is 9.36 Å². The van der Waals surface area contributed by atoms with Crippen molar-refractivity contribution in [2.75, 3.05) is 12.3 Å². The molecule has 0 saturated heterocycles. The van der Waals surface area contributed by atoms with Crippen LogP contribution in [0, 0.1) is 0 Å². The summed E-state index contributed by atoms with van der Waals surface area (Å²) in [5.41, 5.74) is 0.978. The van der Waals surface area contributed by atoms with Gasteiger partial charge in [-0.2, -0.15) is 0 Å². The van der Waals surface area contributed by atoms with Gasteiger partial charge in [0, 0.05) is 13.1 Å². The first-order valence-corrected chi connectivity index (χ1v) is 8.78. The number of nitrogens with zero attached hydrogens (tertiary/aromatic N) is 2. The van der Waals surface area contributed by atoms with Crippen LogP contribution < -0.4 is 11.0 Å². The minimum Gasteiger partial charge on any atom is -0.355 e. The molecular formula is C16H22N4O2S. The van der Waals surface area contributed by atoms with Crippen LogP contribution in [0.1, 0.15) is 25.3 Å². The molecule has 2 N–H and O–H groups in total. The number of thioether (sulfide) groups is 1. The largest absolute Gasteiger partial charge is 0.355 e. The normalized spacial score (nSPS) is 10.7. The highest BCUT2D eigenvalue weighted by atomic mass is 32.2. The van der Waals surface area contributed by atoms with Crippen molar-refractivity contribution in [2.45, 2.75) is 37.9 Å². The van der Waals surface area contributed by atoms with Crippen molar-refractivity contribution in [1.82, 2.24) is 20.1 Å². The summed E-state index contributed by atoms with van der Waals surface area (Å²) in [5, 5.41) is 9.87. The molecule has 1 heterocycles. The number of hydrogen-bond donors (Lipinski definition) is 2. The van der Waals surface area contributed by atoms with Crippen LogP contribution >= 0.6 is 11.8 Å². The molecule has 0 unspecified atom stereocenters. The lowest BCUT2D eigenvalue weighted by molar-refractivity contribution is -0.118. The molecule has 6 nitrogen and oxygen atoms in total. The van der Waals surface area contributed by atoms with E-state index in [0.29, 0.717) is 18.2 Å². The molecule has 1 aromatic carbocycles. The van der Waals surface area contributed by atoms with Crippen molar-refractivity contribution in [3.8, 4) is 0 Å². The first kappa shape index (κ1) is 17.3. The average Bonchev–Trinajstić information content (AvgIpc) is 2.92. The predicted octanol–water partition coefficient (Wildman–Crippen LogP) is 1.82. The zero-order valence-corrected chi connectivity index (χ0v) is 14.1. The molecule has 0 fully saturated rings. The molecule has 0 aliphatic carbocycles. The van der Waals surface area contributed by atoms with Gasteiger partial charge in [0.05, 0.1) is 5.75 Å². The summed E-state index contributed by atoms with van der Waals surface area (Å²) < 4.78 is 1.59. The minimum atomic E-state index is -0.217. The Kier molecular flexibility index (Phi) is 6.93. The summed E-state index contributed by atoms with van der Waals surface area (Å²) in [6.45, 7) is 3.30. The van der Waals surface area contributed by atoms with Gasteiger partial charge in [-0.25, -0.2) is 9.89 Å². The Hall–Kier alpha value is -2.02. The van der Waals surface area contributed by atoms with Crippen molar-refractivity contribution in [1.29, 1.82) is 0 Å². The molecule has 0 spiro atoms. The van der Waals surface area contributed by atoms with Crippen LogP contribution in [0.25, 0.3) is 0 Å². The molecule has 0 saturated carbocycles. The Morgan fingerprint density at radius 3 is 2.87 bits per heavy atom. The van der Waals surface area contributed by atoms with Gasteiger partial charge < -0.3 is 5.32 Å². The molecule has 0 aliphatic rings. The number of nitrogens with one attached hydrogen (secondary N) is 2. The lowest BCUT2D eigenvalue weighted by Crippen LogP contribution is -2.27. The molecule has 23 heavy (non-hydrogen) atoms. The van der Waals surface area contributed by atoms with Crippen LogP contribution in [0.3, 0.4) is 0 Å². The van der Waals surface area contributed by atoms with Gasteiger partial charge in [0.2, 0.25) is 5.91 Å². The minimum absolute atomic E-state index is 0.0524. The van der Waals surface area contributed by atoms with Gasteiger partial charge >= 0.3 is 5.69 Å². The molecule has 2 rings (SSSR count). The molecule has 0 atom stereocenters. The van der Waals surface area contributed by atoms with E-state index in [2.05, 4.69) is 22.4 Å². The van der Waals surface area contributed by atoms with E-state index in [-0.39, 0.29) is 17.3 Å². The van der Waals surface area contributed by atoms with Crippen molar-refractivity contribution in [2.24, 2.45) is 0 Å². The Morgan fingerprint density at radius 1 is 1.35 bits per heavy atom. The number of aromatic nitrogens is 3. The number of benzene rings is 1. The van der Waals surface area contributed by atoms with Crippen LogP contribution in [-0.4, -0.2) is 33.0 Å². The third-order valence-corrected chi connectivity index (χ3v) is 4.35. The van der Waals surface area contributed by atoms with Gasteiger partial charge in [0.25, 0.3) is 0 Å². The summed E-state index contributed by atoms with van der Waals surface area (Å²) in [7, 11) is 0. The van der Waals surface area contributed by atoms with Gasteiger partial charge in [0.15, 0.2) is 5.16 Å². The molecule has 0 aliphatic heterocycles. The third-order valence-electron chi connectivity index (χ3n) is 3.37. The van der Waals surface area contributed by atoms with E-state index in [1.54, 1.807) is 4.57 Å². The summed E-state index contributed by atoms with van der Waals surface area (Å²) in [6, 6.07) is 10.0. The Morgan fingerprint density at radius 2 is 2.13 bits per heavy atom. The number of rotatable bonds is 9. The van der Waals surface area contributed by atoms with Gasteiger partial charge in [-0.15, -0.1) is 5.10 Å². The fourth-order valence-electron chi connectivity index (χ4n) is 2.10. The first-order valence-electron chi connectivity index (χ1n) is 7.79. The summed E-state index contributed by atoms with van der Waals surface area (Å²) in [6.07, 6.45) is 2.72. The highest BCUT2D eigenvalue weighted by Crippen LogP contribution is 2.13. The number of amides is 1. The maximum Gasteiger partial charge on any atom is 0.343 e. The number of carbonyl (C=O) groups is 1. The summed E-state index contributed by atoms with van der Waals surface area (Å²) in [4.78, 5) is 23.5. The van der Waals surface area contributed by atoms with Crippen LogP contribution in [0.2, 0.25) is 0 Å². The third kappa shape index (κ3) is 5.59. The predicted molar refractivity (Wildman–Crippen MR) is 91.6 cm³/mol. The van der Waals surface area contributed by atoms with E-state index in [9.17, 15) is 9.59 Å². The highest BCUT2D eigenvalue weighted by Gasteiger charge is 2.10. The number of aromatic amines is 1. The number of carbonyl (C=O) groups excluding carboxylic acids is 1. The molecule has 124 valence electrons. The summed E-state index contributed by atoms with van der Waals surface area (Å²) >= 11 is 1.28. The fourth-order valence-corrected chi connectivity index (χ4v) is 2.90. The summed E-state index contributed by atoms with van der Waals surface area (Å²) in [5.74, 6) is 0.203. The topological polar surface area (TPSA) is 79.8 Å². The maximum absolute atomic E-state index is 11.9. The van der Waals surface area contributed by atoms with Gasteiger partial charge in [-0.1, -0.05) is 55.4 Å². The second-order valence-corrected chi connectivity index (χ2v) is 6.13. The Labute approximate surface area is 139 Å². The molecule has 0 bridgehead atoms. The van der Waals surface area contributed by atoms with E-state index >= 15 is 0 Å². The standard InChI is InChI=1S/C16H22N4O2S/c1-2-3-11-20-15(22)18-19-16(20)23-12-14(21)17-10-9-13-7-5-4-6-8-13/h4-8H,2-3,9-12H2,1H3,(H,17,21)(H,18,22). The Balaban J connectivity index is 1.75. The van der Waals surface area contributed by atoms with E-state index in [1.165, 1.54) is 17.3 Å². The molecule has 1 amide bonds. The number of unbranched alkanes of at least 4 members (excludes halogenated alkanes) is 1. The quantitative estimate of drug-likeness (QED) is 0.686. The zero-order chi connectivity index (χ0) is 16.5. The monoisotopic (exact) mass is 334 g/mol. The van der Waals surface area contributed by atoms with Crippen LogP contribution in [-0.2, 0) is 17.8 Å². The number of hydrogen-bond acceptors (Lipinski definition) is 4. The van der Waals surface area contributed by atoms with Crippen molar-refractivity contribution in [3.05, 3.63) is 46.4 Å². The SMILES string of the molecule is CCCCn1c(SCC(=O)NCCc2ccccc2)n[nH]c1=O. The second kappa shape index (κ2) is 9.19. The molecule has 0 radical (unpaired) electrons. The second-order valence-electron chi connectivity index (χ2n) is 5.19. The molecule has 2 aromatic rings. The fraction of sp³-hybridized carbons (Fsp3) is 0.438. The van der Waals surface area contributed by atoms with Gasteiger partial charge in [-0.05, 0) is 18.4 Å². The lowest BCUT2D eigenvalue weighted by atomic mass is 10.1. The van der Waals surface area contributed by atoms with Crippen molar-refractivity contribution >= 4 is 17.7 Å². The molecule has 7 heteroatoms. The maximum atomic E-state index is 11.9. The smallest absolute Gasteiger partial charge is 0.343 e. The molecule has 1 aromatic heterocycles. The Bertz CT molecular complexity index is 666. The van der Waals surface area contributed by atoms with E-state index in [4.69, 9.17) is 0 Å². The zero-order valence-electron chi connectivity index (χ0n) is 13.2. The van der Waals surface area contributed by atoms with E-state index in [0.717, 1.165) is 19.3 Å².